The highest BCUT2D eigenvalue weighted by Crippen LogP contribution is 2.01. The van der Waals surface area contributed by atoms with Crippen LogP contribution in [-0.4, -0.2) is 15.6 Å². The van der Waals surface area contributed by atoms with Crippen molar-refractivity contribution in [3.63, 3.8) is 0 Å². The molecule has 0 amide bonds. The predicted molar refractivity (Wildman–Crippen MR) is 39.0 cm³/mol. The maximum atomic E-state index is 7.11. The van der Waals surface area contributed by atoms with Gasteiger partial charge in [-0.25, -0.2) is 0 Å². The maximum absolute atomic E-state index is 7.11. The minimum atomic E-state index is 0.0746. The summed E-state index contributed by atoms with van der Waals surface area (Å²) in [4.78, 5) is 0. The summed E-state index contributed by atoms with van der Waals surface area (Å²) in [6.45, 7) is 1.83. The van der Waals surface area contributed by atoms with Crippen molar-refractivity contribution in [1.29, 1.82) is 5.41 Å². The molecule has 1 aromatic heterocycles. The van der Waals surface area contributed by atoms with Gasteiger partial charge in [-0.2, -0.15) is 5.10 Å². The number of hydrogen-bond acceptors (Lipinski definition) is 2. The SMILES string of the molecule is Cc1nn(C)cc1C(=N)N. The van der Waals surface area contributed by atoms with Crippen molar-refractivity contribution in [1.82, 2.24) is 9.78 Å². The topological polar surface area (TPSA) is 67.7 Å². The highest BCUT2D eigenvalue weighted by molar-refractivity contribution is 5.95. The Labute approximate surface area is 59.2 Å². The summed E-state index contributed by atoms with van der Waals surface area (Å²) < 4.78 is 1.64. The smallest absolute Gasteiger partial charge is 0.126 e. The van der Waals surface area contributed by atoms with Crippen LogP contribution in [0.15, 0.2) is 6.20 Å². The van der Waals surface area contributed by atoms with E-state index in [2.05, 4.69) is 5.10 Å². The van der Waals surface area contributed by atoms with Gasteiger partial charge >= 0.3 is 0 Å². The Kier molecular flexibility index (Phi) is 1.45. The second-order valence-corrected chi connectivity index (χ2v) is 2.22. The molecule has 0 bridgehead atoms. The lowest BCUT2D eigenvalue weighted by Gasteiger charge is -1.89. The van der Waals surface area contributed by atoms with E-state index in [4.69, 9.17) is 11.1 Å². The molecule has 0 aliphatic rings. The van der Waals surface area contributed by atoms with E-state index in [9.17, 15) is 0 Å². The average Bonchev–Trinajstić information content (AvgIpc) is 2.10. The van der Waals surface area contributed by atoms with Crippen LogP contribution in [0.1, 0.15) is 11.3 Å². The van der Waals surface area contributed by atoms with Crippen LogP contribution < -0.4 is 5.73 Å². The highest BCUT2D eigenvalue weighted by atomic mass is 15.2. The van der Waals surface area contributed by atoms with Gasteiger partial charge in [-0.15, -0.1) is 0 Å². The van der Waals surface area contributed by atoms with Crippen molar-refractivity contribution < 1.29 is 0 Å². The van der Waals surface area contributed by atoms with Crippen LogP contribution in [0, 0.1) is 12.3 Å². The Morgan fingerprint density at radius 2 is 2.40 bits per heavy atom. The Balaban J connectivity index is 3.15. The zero-order valence-corrected chi connectivity index (χ0v) is 6.05. The third-order valence-corrected chi connectivity index (χ3v) is 1.30. The first-order valence-electron chi connectivity index (χ1n) is 2.96. The van der Waals surface area contributed by atoms with Gasteiger partial charge in [0.2, 0.25) is 0 Å². The van der Waals surface area contributed by atoms with Crippen molar-refractivity contribution in [2.24, 2.45) is 12.8 Å². The monoisotopic (exact) mass is 138 g/mol. The van der Waals surface area contributed by atoms with Crippen molar-refractivity contribution in [2.45, 2.75) is 6.92 Å². The molecule has 1 rings (SSSR count). The predicted octanol–water partition coefficient (Wildman–Crippen LogP) is 0.0126. The van der Waals surface area contributed by atoms with E-state index in [1.165, 1.54) is 0 Å². The van der Waals surface area contributed by atoms with Gasteiger partial charge in [0, 0.05) is 13.2 Å². The number of aromatic nitrogens is 2. The molecule has 0 aliphatic carbocycles. The van der Waals surface area contributed by atoms with Gasteiger partial charge < -0.3 is 5.73 Å². The van der Waals surface area contributed by atoms with Crippen LogP contribution in [0.2, 0.25) is 0 Å². The first-order chi connectivity index (χ1) is 4.61. The van der Waals surface area contributed by atoms with Crippen molar-refractivity contribution >= 4 is 5.84 Å². The standard InChI is InChI=1S/C6H10N4/c1-4-5(6(7)8)3-10(2)9-4/h3H,1-2H3,(H3,7,8). The van der Waals surface area contributed by atoms with Gasteiger partial charge in [0.05, 0.1) is 11.3 Å². The largest absolute Gasteiger partial charge is 0.384 e. The van der Waals surface area contributed by atoms with E-state index >= 15 is 0 Å². The number of nitrogens with zero attached hydrogens (tertiary/aromatic N) is 2. The molecular formula is C6H10N4. The third kappa shape index (κ3) is 1.00. The molecule has 0 atom stereocenters. The summed E-state index contributed by atoms with van der Waals surface area (Å²) in [5, 5.41) is 11.1. The second-order valence-electron chi connectivity index (χ2n) is 2.22. The lowest BCUT2D eigenvalue weighted by Crippen LogP contribution is -2.11. The number of nitrogen functional groups attached to an aromatic ring is 1. The normalized spacial score (nSPS) is 9.80. The zero-order valence-electron chi connectivity index (χ0n) is 6.05. The summed E-state index contributed by atoms with van der Waals surface area (Å²) in [7, 11) is 1.80. The van der Waals surface area contributed by atoms with Crippen molar-refractivity contribution in [2.75, 3.05) is 0 Å². The minimum absolute atomic E-state index is 0.0746. The minimum Gasteiger partial charge on any atom is -0.384 e. The summed E-state index contributed by atoms with van der Waals surface area (Å²) in [6.07, 6.45) is 1.73. The van der Waals surface area contributed by atoms with Crippen LogP contribution in [0.3, 0.4) is 0 Å². The van der Waals surface area contributed by atoms with Crippen LogP contribution in [0.4, 0.5) is 0 Å². The molecular weight excluding hydrogens is 128 g/mol. The quantitative estimate of drug-likeness (QED) is 0.424. The summed E-state index contributed by atoms with van der Waals surface area (Å²) in [6, 6.07) is 0. The maximum Gasteiger partial charge on any atom is 0.126 e. The highest BCUT2D eigenvalue weighted by Gasteiger charge is 2.03. The molecule has 0 saturated heterocycles. The van der Waals surface area contributed by atoms with E-state index in [1.807, 2.05) is 6.92 Å². The summed E-state index contributed by atoms with van der Waals surface area (Å²) in [5.41, 5.74) is 6.77. The van der Waals surface area contributed by atoms with E-state index in [1.54, 1.807) is 17.9 Å². The molecule has 3 N–H and O–H groups in total. The van der Waals surface area contributed by atoms with Crippen molar-refractivity contribution in [3.8, 4) is 0 Å². The van der Waals surface area contributed by atoms with Crippen LogP contribution in [0.5, 0.6) is 0 Å². The van der Waals surface area contributed by atoms with Crippen LogP contribution in [0.25, 0.3) is 0 Å². The molecule has 0 unspecified atom stereocenters. The molecule has 54 valence electrons. The lowest BCUT2D eigenvalue weighted by molar-refractivity contribution is 0.756. The molecule has 0 spiro atoms. The van der Waals surface area contributed by atoms with Crippen LogP contribution >= 0.6 is 0 Å². The first kappa shape index (κ1) is 6.80. The molecule has 0 aromatic carbocycles. The molecule has 1 aromatic rings. The first-order valence-corrected chi connectivity index (χ1v) is 2.96. The molecule has 4 nitrogen and oxygen atoms in total. The number of aryl methyl sites for hydroxylation is 2. The molecule has 0 aliphatic heterocycles. The van der Waals surface area contributed by atoms with Gasteiger partial charge in [-0.3, -0.25) is 10.1 Å². The van der Waals surface area contributed by atoms with Gasteiger partial charge in [-0.05, 0) is 6.92 Å². The fourth-order valence-electron chi connectivity index (χ4n) is 0.864. The van der Waals surface area contributed by atoms with Gasteiger partial charge in [0.1, 0.15) is 5.84 Å². The number of hydrogen-bond donors (Lipinski definition) is 2. The van der Waals surface area contributed by atoms with E-state index in [-0.39, 0.29) is 5.84 Å². The molecule has 4 heteroatoms. The van der Waals surface area contributed by atoms with Gasteiger partial charge in [0.25, 0.3) is 0 Å². The second kappa shape index (κ2) is 2.13. The van der Waals surface area contributed by atoms with Crippen molar-refractivity contribution in [3.05, 3.63) is 17.5 Å². The molecule has 1 heterocycles. The number of rotatable bonds is 1. The fraction of sp³-hybridized carbons (Fsp3) is 0.333. The van der Waals surface area contributed by atoms with E-state index < -0.39 is 0 Å². The Morgan fingerprint density at radius 1 is 1.80 bits per heavy atom. The van der Waals surface area contributed by atoms with Crippen LogP contribution in [-0.2, 0) is 7.05 Å². The van der Waals surface area contributed by atoms with E-state index in [0.717, 1.165) is 5.69 Å². The Hall–Kier alpha value is -1.32. The number of nitrogens with one attached hydrogen (secondary N) is 1. The molecule has 0 fully saturated rings. The Morgan fingerprint density at radius 3 is 2.60 bits per heavy atom. The molecule has 0 saturated carbocycles. The molecule has 10 heavy (non-hydrogen) atoms. The summed E-state index contributed by atoms with van der Waals surface area (Å²) >= 11 is 0. The number of nitrogens with two attached hydrogens (primary N) is 1. The lowest BCUT2D eigenvalue weighted by atomic mass is 10.2. The summed E-state index contributed by atoms with van der Waals surface area (Å²) in [5.74, 6) is 0.0746. The fourth-order valence-corrected chi connectivity index (χ4v) is 0.864. The molecule has 0 radical (unpaired) electrons. The number of amidine groups is 1. The third-order valence-electron chi connectivity index (χ3n) is 1.30. The van der Waals surface area contributed by atoms with Gasteiger partial charge in [-0.1, -0.05) is 0 Å². The Bertz CT molecular complexity index is 261. The zero-order chi connectivity index (χ0) is 7.72. The van der Waals surface area contributed by atoms with E-state index in [0.29, 0.717) is 5.56 Å². The average molecular weight is 138 g/mol. The van der Waals surface area contributed by atoms with Gasteiger partial charge in [0.15, 0.2) is 0 Å².